The highest BCUT2D eigenvalue weighted by Gasteiger charge is 2.21. The van der Waals surface area contributed by atoms with E-state index in [2.05, 4.69) is 32.9 Å². The fourth-order valence-electron chi connectivity index (χ4n) is 3.56. The monoisotopic (exact) mass is 465 g/mol. The minimum Gasteiger partial charge on any atom is -0.384 e. The van der Waals surface area contributed by atoms with Crippen molar-refractivity contribution in [3.05, 3.63) is 70.8 Å². The Bertz CT molecular complexity index is 1160. The maximum Gasteiger partial charge on any atom is 0.166 e. The summed E-state index contributed by atoms with van der Waals surface area (Å²) in [5.74, 6) is 1.00. The molecule has 1 aliphatic rings. The predicted molar refractivity (Wildman–Crippen MR) is 132 cm³/mol. The molecule has 0 amide bonds. The van der Waals surface area contributed by atoms with Gasteiger partial charge in [-0.25, -0.2) is 14.4 Å². The first kappa shape index (κ1) is 23.2. The first-order valence-electron chi connectivity index (χ1n) is 11.3. The average Bonchev–Trinajstić information content (AvgIpc) is 3.61. The second kappa shape index (κ2) is 9.87. The van der Waals surface area contributed by atoms with Gasteiger partial charge in [0.15, 0.2) is 5.82 Å². The van der Waals surface area contributed by atoms with Gasteiger partial charge >= 0.3 is 0 Å². The number of nitrogens with two attached hydrogens (primary N) is 1. The highest BCUT2D eigenvalue weighted by molar-refractivity contribution is 6.34. The first-order chi connectivity index (χ1) is 15.8. The van der Waals surface area contributed by atoms with Crippen LogP contribution in [0.5, 0.6) is 0 Å². The summed E-state index contributed by atoms with van der Waals surface area (Å²) in [6.07, 6.45) is 6.80. The number of hydrogen-bond donors (Lipinski definition) is 2. The number of nitrogens with one attached hydrogen (secondary N) is 1. The van der Waals surface area contributed by atoms with E-state index in [0.717, 1.165) is 23.6 Å². The van der Waals surface area contributed by atoms with Crippen molar-refractivity contribution in [1.29, 1.82) is 0 Å². The van der Waals surface area contributed by atoms with Gasteiger partial charge in [-0.05, 0) is 47.9 Å². The molecule has 7 heteroatoms. The predicted octanol–water partition coefficient (Wildman–Crippen LogP) is 6.18. The van der Waals surface area contributed by atoms with Crippen LogP contribution in [-0.4, -0.2) is 15.0 Å². The van der Waals surface area contributed by atoms with E-state index < -0.39 is 5.82 Å². The number of halogens is 2. The van der Waals surface area contributed by atoms with Crippen molar-refractivity contribution < 1.29 is 4.39 Å². The minimum absolute atomic E-state index is 0.126. The second-order valence-corrected chi connectivity index (χ2v) is 9.34. The SMILES string of the molecule is C=C(NCc1ccc(F)c(-c2nc(N)cc(-c3ccc(CCC4CC4)cn3)n2)c1Cl)C(C)C. The van der Waals surface area contributed by atoms with Crippen LogP contribution in [0, 0.1) is 17.7 Å². The van der Waals surface area contributed by atoms with Gasteiger partial charge in [-0.3, -0.25) is 4.98 Å². The van der Waals surface area contributed by atoms with E-state index in [4.69, 9.17) is 17.3 Å². The summed E-state index contributed by atoms with van der Waals surface area (Å²) in [6.45, 7) is 8.51. The number of anilines is 1. The van der Waals surface area contributed by atoms with Crippen molar-refractivity contribution in [3.8, 4) is 22.8 Å². The number of aryl methyl sites for hydroxylation is 1. The Kier molecular flexibility index (Phi) is 6.94. The van der Waals surface area contributed by atoms with E-state index in [1.54, 1.807) is 12.1 Å². The van der Waals surface area contributed by atoms with Crippen LogP contribution in [0.4, 0.5) is 10.2 Å². The zero-order valence-electron chi connectivity index (χ0n) is 19.0. The molecule has 1 aliphatic carbocycles. The van der Waals surface area contributed by atoms with Crippen LogP contribution in [0.25, 0.3) is 22.8 Å². The van der Waals surface area contributed by atoms with Gasteiger partial charge in [0.2, 0.25) is 0 Å². The van der Waals surface area contributed by atoms with E-state index in [1.165, 1.54) is 30.9 Å². The zero-order chi connectivity index (χ0) is 23.5. The lowest BCUT2D eigenvalue weighted by Gasteiger charge is -2.15. The summed E-state index contributed by atoms with van der Waals surface area (Å²) >= 11 is 6.60. The van der Waals surface area contributed by atoms with Crippen molar-refractivity contribution in [2.45, 2.75) is 46.1 Å². The van der Waals surface area contributed by atoms with Crippen LogP contribution in [0.15, 0.2) is 48.8 Å². The maximum atomic E-state index is 14.9. The van der Waals surface area contributed by atoms with E-state index in [9.17, 15) is 4.39 Å². The molecule has 0 bridgehead atoms. The summed E-state index contributed by atoms with van der Waals surface area (Å²) in [5, 5.41) is 3.48. The molecule has 4 rings (SSSR count). The largest absolute Gasteiger partial charge is 0.384 e. The van der Waals surface area contributed by atoms with E-state index >= 15 is 0 Å². The van der Waals surface area contributed by atoms with Gasteiger partial charge in [0.25, 0.3) is 0 Å². The molecule has 0 aliphatic heterocycles. The van der Waals surface area contributed by atoms with Crippen LogP contribution in [0.3, 0.4) is 0 Å². The lowest BCUT2D eigenvalue weighted by molar-refractivity contribution is 0.626. The summed E-state index contributed by atoms with van der Waals surface area (Å²) < 4.78 is 14.9. The number of rotatable bonds is 9. The fourth-order valence-corrected chi connectivity index (χ4v) is 3.86. The molecule has 0 radical (unpaired) electrons. The summed E-state index contributed by atoms with van der Waals surface area (Å²) in [5.41, 5.74) is 10.2. The molecular formula is C26H29ClFN5. The normalized spacial score (nSPS) is 13.4. The molecule has 0 atom stereocenters. The lowest BCUT2D eigenvalue weighted by atomic mass is 10.1. The molecule has 0 spiro atoms. The van der Waals surface area contributed by atoms with Crippen LogP contribution >= 0.6 is 11.6 Å². The minimum atomic E-state index is -0.508. The number of pyridine rings is 1. The van der Waals surface area contributed by atoms with Crippen molar-refractivity contribution in [2.75, 3.05) is 5.73 Å². The highest BCUT2D eigenvalue weighted by Crippen LogP contribution is 2.34. The average molecular weight is 466 g/mol. The summed E-state index contributed by atoms with van der Waals surface area (Å²) in [7, 11) is 0. The molecule has 2 heterocycles. The maximum absolute atomic E-state index is 14.9. The molecule has 0 unspecified atom stereocenters. The standard InChI is InChI=1S/C26H29ClFN5/c1-15(2)16(3)30-14-19-9-10-20(28)24(25(19)27)26-32-22(12-23(29)33-26)21-11-8-18(13-31-21)7-6-17-4-5-17/h8-13,15,17,30H,3-7,14H2,1-2H3,(H2,29,32,33). The molecule has 172 valence electrons. The van der Waals surface area contributed by atoms with E-state index in [0.29, 0.717) is 17.9 Å². The third-order valence-electron chi connectivity index (χ3n) is 5.97. The molecular weight excluding hydrogens is 437 g/mol. The van der Waals surface area contributed by atoms with E-state index in [1.807, 2.05) is 26.1 Å². The molecule has 5 nitrogen and oxygen atoms in total. The third kappa shape index (κ3) is 5.69. The van der Waals surface area contributed by atoms with Gasteiger partial charge in [0.1, 0.15) is 11.6 Å². The Hall–Kier alpha value is -2.99. The lowest BCUT2D eigenvalue weighted by Crippen LogP contribution is -2.16. The van der Waals surface area contributed by atoms with Gasteiger partial charge in [0, 0.05) is 24.5 Å². The van der Waals surface area contributed by atoms with Crippen LogP contribution in [0.2, 0.25) is 5.02 Å². The Morgan fingerprint density at radius 2 is 2.00 bits per heavy atom. The number of nitrogens with zero attached hydrogens (tertiary/aromatic N) is 3. The van der Waals surface area contributed by atoms with Crippen LogP contribution < -0.4 is 11.1 Å². The number of allylic oxidation sites excluding steroid dienone is 1. The van der Waals surface area contributed by atoms with Gasteiger partial charge in [-0.15, -0.1) is 0 Å². The van der Waals surface area contributed by atoms with Crippen molar-refractivity contribution >= 4 is 17.4 Å². The smallest absolute Gasteiger partial charge is 0.166 e. The molecule has 3 N–H and O–H groups in total. The second-order valence-electron chi connectivity index (χ2n) is 8.96. The van der Waals surface area contributed by atoms with Crippen molar-refractivity contribution in [2.24, 2.45) is 11.8 Å². The highest BCUT2D eigenvalue weighted by atomic mass is 35.5. The molecule has 1 fully saturated rings. The Morgan fingerprint density at radius 1 is 1.21 bits per heavy atom. The van der Waals surface area contributed by atoms with Gasteiger partial charge in [0.05, 0.1) is 22.0 Å². The molecule has 1 aromatic carbocycles. The van der Waals surface area contributed by atoms with Crippen LogP contribution in [-0.2, 0) is 13.0 Å². The van der Waals surface area contributed by atoms with Crippen LogP contribution in [0.1, 0.15) is 44.2 Å². The quantitative estimate of drug-likeness (QED) is 0.394. The number of benzene rings is 1. The Morgan fingerprint density at radius 3 is 2.67 bits per heavy atom. The first-order valence-corrected chi connectivity index (χ1v) is 11.7. The topological polar surface area (TPSA) is 76.7 Å². The molecule has 0 saturated heterocycles. The zero-order valence-corrected chi connectivity index (χ0v) is 19.8. The number of aromatic nitrogens is 3. The van der Waals surface area contributed by atoms with Crippen molar-refractivity contribution in [3.63, 3.8) is 0 Å². The Labute approximate surface area is 199 Å². The fraction of sp³-hybridized carbons (Fsp3) is 0.346. The summed E-state index contributed by atoms with van der Waals surface area (Å²) in [6, 6.07) is 8.64. The molecule has 33 heavy (non-hydrogen) atoms. The van der Waals surface area contributed by atoms with E-state index in [-0.39, 0.29) is 28.1 Å². The Balaban J connectivity index is 1.61. The van der Waals surface area contributed by atoms with Crippen molar-refractivity contribution in [1.82, 2.24) is 20.3 Å². The van der Waals surface area contributed by atoms with Gasteiger partial charge < -0.3 is 11.1 Å². The van der Waals surface area contributed by atoms with Gasteiger partial charge in [-0.2, -0.15) is 0 Å². The number of hydrogen-bond acceptors (Lipinski definition) is 5. The third-order valence-corrected chi connectivity index (χ3v) is 6.40. The molecule has 3 aromatic rings. The van der Waals surface area contributed by atoms with Gasteiger partial charge in [-0.1, -0.05) is 57.0 Å². The molecule has 2 aromatic heterocycles. The summed E-state index contributed by atoms with van der Waals surface area (Å²) in [4.78, 5) is 13.4. The molecule has 1 saturated carbocycles. The number of nitrogen functional groups attached to an aromatic ring is 1.